The third-order valence-electron chi connectivity index (χ3n) is 4.55. The van der Waals surface area contributed by atoms with E-state index in [1.54, 1.807) is 0 Å². The van der Waals surface area contributed by atoms with E-state index in [1.165, 1.54) is 37.0 Å². The Labute approximate surface area is 152 Å². The fraction of sp³-hybridized carbons (Fsp3) is 0.421. The Hall–Kier alpha value is -1.36. The average molecular weight is 363 g/mol. The van der Waals surface area contributed by atoms with E-state index < -0.39 is 0 Å². The Balaban J connectivity index is 1.76. The van der Waals surface area contributed by atoms with Crippen molar-refractivity contribution in [1.82, 2.24) is 10.2 Å². The second-order valence-electron chi connectivity index (χ2n) is 6.17. The lowest BCUT2D eigenvalue weighted by atomic mass is 10.0. The topological polar surface area (TPSA) is 32.3 Å². The van der Waals surface area contributed by atoms with E-state index in [1.807, 2.05) is 35.7 Å². The minimum absolute atomic E-state index is 0.00289. The highest BCUT2D eigenvalue weighted by Gasteiger charge is 2.24. The molecule has 1 aliphatic heterocycles. The number of carbonyl (C=O) groups is 1. The van der Waals surface area contributed by atoms with E-state index in [9.17, 15) is 4.79 Å². The first-order valence-electron chi connectivity index (χ1n) is 8.56. The summed E-state index contributed by atoms with van der Waals surface area (Å²) in [6, 6.07) is 11.9. The molecule has 0 bridgehead atoms. The maximum atomic E-state index is 12.3. The zero-order valence-corrected chi connectivity index (χ0v) is 15.3. The molecule has 0 saturated carbocycles. The normalized spacial score (nSPS) is 17.2. The molecule has 5 heteroatoms. The number of likely N-dealkylation sites (tertiary alicyclic amines) is 1. The number of carbonyl (C=O) groups excluding carboxylic acids is 1. The number of thiophene rings is 1. The number of hydrogen-bond donors (Lipinski definition) is 1. The summed E-state index contributed by atoms with van der Waals surface area (Å²) in [4.78, 5) is 15.6. The Morgan fingerprint density at radius 3 is 2.54 bits per heavy atom. The summed E-state index contributed by atoms with van der Waals surface area (Å²) in [5.74, 6) is -0.00289. The summed E-state index contributed by atoms with van der Waals surface area (Å²) in [5, 5.41) is 5.80. The predicted molar refractivity (Wildman–Crippen MR) is 101 cm³/mol. The van der Waals surface area contributed by atoms with Crippen LogP contribution in [0.25, 0.3) is 0 Å². The average Bonchev–Trinajstić information content (AvgIpc) is 3.00. The second-order valence-corrected chi connectivity index (χ2v) is 7.53. The number of halogens is 1. The van der Waals surface area contributed by atoms with E-state index in [2.05, 4.69) is 16.3 Å². The lowest BCUT2D eigenvalue weighted by Gasteiger charge is -2.31. The molecule has 1 aliphatic rings. The van der Waals surface area contributed by atoms with Gasteiger partial charge in [0.15, 0.2) is 0 Å². The molecule has 24 heavy (non-hydrogen) atoms. The van der Waals surface area contributed by atoms with Gasteiger partial charge in [-0.1, -0.05) is 48.7 Å². The van der Waals surface area contributed by atoms with Crippen LogP contribution in [0.5, 0.6) is 0 Å². The monoisotopic (exact) mass is 362 g/mol. The minimum Gasteiger partial charge on any atom is -0.349 e. The van der Waals surface area contributed by atoms with Gasteiger partial charge in [0.1, 0.15) is 0 Å². The molecule has 0 radical (unpaired) electrons. The standard InChI is InChI=1S/C19H23ClN2OS/c20-16-9-4-3-8-15(16)17(22-11-5-1-2-6-12-22)14-21-19(23)18-10-7-13-24-18/h3-4,7-10,13,17H,1-2,5-6,11-12,14H2,(H,21,23). The molecule has 1 unspecified atom stereocenters. The molecule has 1 fully saturated rings. The summed E-state index contributed by atoms with van der Waals surface area (Å²) < 4.78 is 0. The van der Waals surface area contributed by atoms with Crippen molar-refractivity contribution < 1.29 is 4.79 Å². The van der Waals surface area contributed by atoms with Crippen LogP contribution in [0, 0.1) is 0 Å². The molecule has 2 heterocycles. The van der Waals surface area contributed by atoms with Gasteiger partial charge in [-0.05, 0) is 49.0 Å². The first kappa shape index (κ1) is 17.5. The van der Waals surface area contributed by atoms with Crippen LogP contribution in [-0.2, 0) is 0 Å². The molecular weight excluding hydrogens is 340 g/mol. The van der Waals surface area contributed by atoms with Crippen molar-refractivity contribution in [3.05, 3.63) is 57.2 Å². The number of hydrogen-bond acceptors (Lipinski definition) is 3. The van der Waals surface area contributed by atoms with Gasteiger partial charge in [-0.2, -0.15) is 0 Å². The van der Waals surface area contributed by atoms with Crippen LogP contribution in [0.1, 0.15) is 47.0 Å². The molecule has 0 spiro atoms. The van der Waals surface area contributed by atoms with Crippen LogP contribution in [-0.4, -0.2) is 30.4 Å². The maximum absolute atomic E-state index is 12.3. The van der Waals surface area contributed by atoms with Crippen molar-refractivity contribution in [2.45, 2.75) is 31.7 Å². The molecular formula is C19H23ClN2OS. The van der Waals surface area contributed by atoms with Gasteiger partial charge < -0.3 is 5.32 Å². The molecule has 1 amide bonds. The number of rotatable bonds is 5. The van der Waals surface area contributed by atoms with Crippen LogP contribution < -0.4 is 5.32 Å². The van der Waals surface area contributed by atoms with E-state index in [4.69, 9.17) is 11.6 Å². The molecule has 3 rings (SSSR count). The fourth-order valence-electron chi connectivity index (χ4n) is 3.27. The molecule has 1 N–H and O–H groups in total. The van der Waals surface area contributed by atoms with Gasteiger partial charge in [0.25, 0.3) is 5.91 Å². The van der Waals surface area contributed by atoms with Crippen molar-refractivity contribution in [2.24, 2.45) is 0 Å². The van der Waals surface area contributed by atoms with E-state index >= 15 is 0 Å². The van der Waals surface area contributed by atoms with Crippen LogP contribution in [0.2, 0.25) is 5.02 Å². The molecule has 1 aromatic heterocycles. The smallest absolute Gasteiger partial charge is 0.261 e. The van der Waals surface area contributed by atoms with E-state index in [-0.39, 0.29) is 11.9 Å². The zero-order valence-electron chi connectivity index (χ0n) is 13.7. The first-order chi connectivity index (χ1) is 11.8. The molecule has 0 aliphatic carbocycles. The Kier molecular flexibility index (Phi) is 6.30. The highest BCUT2D eigenvalue weighted by atomic mass is 35.5. The highest BCUT2D eigenvalue weighted by molar-refractivity contribution is 7.12. The molecule has 128 valence electrons. The molecule has 1 saturated heterocycles. The van der Waals surface area contributed by atoms with Gasteiger partial charge in [0, 0.05) is 11.6 Å². The van der Waals surface area contributed by atoms with E-state index in [0.29, 0.717) is 6.54 Å². The van der Waals surface area contributed by atoms with Crippen molar-refractivity contribution in [3.8, 4) is 0 Å². The summed E-state index contributed by atoms with van der Waals surface area (Å²) in [6.45, 7) is 2.70. The second kappa shape index (κ2) is 8.65. The van der Waals surface area contributed by atoms with Gasteiger partial charge in [0.05, 0.1) is 10.9 Å². The SMILES string of the molecule is O=C(NCC(c1ccccc1Cl)N1CCCCCC1)c1cccs1. The highest BCUT2D eigenvalue weighted by Crippen LogP contribution is 2.29. The lowest BCUT2D eigenvalue weighted by molar-refractivity contribution is 0.0937. The Morgan fingerprint density at radius 2 is 1.88 bits per heavy atom. The van der Waals surface area contributed by atoms with Gasteiger partial charge in [0.2, 0.25) is 0 Å². The summed E-state index contributed by atoms with van der Waals surface area (Å²) in [7, 11) is 0. The van der Waals surface area contributed by atoms with Crippen molar-refractivity contribution in [1.29, 1.82) is 0 Å². The van der Waals surface area contributed by atoms with Crippen LogP contribution in [0.4, 0.5) is 0 Å². The zero-order chi connectivity index (χ0) is 16.8. The van der Waals surface area contributed by atoms with Gasteiger partial charge in [-0.3, -0.25) is 9.69 Å². The van der Waals surface area contributed by atoms with Gasteiger partial charge >= 0.3 is 0 Å². The predicted octanol–water partition coefficient (Wildman–Crippen LogP) is 4.75. The third-order valence-corrected chi connectivity index (χ3v) is 5.76. The summed E-state index contributed by atoms with van der Waals surface area (Å²) in [6.07, 6.45) is 4.99. The van der Waals surface area contributed by atoms with Gasteiger partial charge in [-0.15, -0.1) is 11.3 Å². The maximum Gasteiger partial charge on any atom is 0.261 e. The Morgan fingerprint density at radius 1 is 1.12 bits per heavy atom. The fourth-order valence-corrected chi connectivity index (χ4v) is 4.17. The van der Waals surface area contributed by atoms with Crippen molar-refractivity contribution >= 4 is 28.8 Å². The summed E-state index contributed by atoms with van der Waals surface area (Å²) >= 11 is 7.93. The minimum atomic E-state index is -0.00289. The van der Waals surface area contributed by atoms with Gasteiger partial charge in [-0.25, -0.2) is 0 Å². The molecule has 1 atom stereocenters. The van der Waals surface area contributed by atoms with Crippen molar-refractivity contribution in [3.63, 3.8) is 0 Å². The quantitative estimate of drug-likeness (QED) is 0.832. The van der Waals surface area contributed by atoms with Crippen LogP contribution in [0.3, 0.4) is 0 Å². The largest absolute Gasteiger partial charge is 0.349 e. The molecule has 1 aromatic carbocycles. The Bertz CT molecular complexity index is 651. The van der Waals surface area contributed by atoms with E-state index in [0.717, 1.165) is 28.6 Å². The first-order valence-corrected chi connectivity index (χ1v) is 9.81. The van der Waals surface area contributed by atoms with Crippen LogP contribution >= 0.6 is 22.9 Å². The van der Waals surface area contributed by atoms with Crippen molar-refractivity contribution in [2.75, 3.05) is 19.6 Å². The number of nitrogens with one attached hydrogen (secondary N) is 1. The lowest BCUT2D eigenvalue weighted by Crippen LogP contribution is -2.38. The number of amides is 1. The molecule has 3 nitrogen and oxygen atoms in total. The third kappa shape index (κ3) is 4.38. The van der Waals surface area contributed by atoms with Crippen LogP contribution in [0.15, 0.2) is 41.8 Å². The number of benzene rings is 1. The number of nitrogens with zero attached hydrogens (tertiary/aromatic N) is 1. The summed E-state index contributed by atoms with van der Waals surface area (Å²) in [5.41, 5.74) is 1.10. The molecule has 2 aromatic rings.